The van der Waals surface area contributed by atoms with E-state index >= 15 is 0 Å². The molecule has 3 rings (SSSR count). The molecule has 3 heterocycles. The molecule has 6 nitrogen and oxygen atoms in total. The predicted octanol–water partition coefficient (Wildman–Crippen LogP) is 1.01. The fourth-order valence-corrected chi connectivity index (χ4v) is 5.22. The van der Waals surface area contributed by atoms with Crippen molar-refractivity contribution in [3.8, 4) is 0 Å². The smallest absolute Gasteiger partial charge is 0.264 e. The predicted molar refractivity (Wildman–Crippen MR) is 85.5 cm³/mol. The molecule has 2 saturated heterocycles. The first kappa shape index (κ1) is 15.9. The van der Waals surface area contributed by atoms with E-state index in [4.69, 9.17) is 5.14 Å². The van der Waals surface area contributed by atoms with Crippen molar-refractivity contribution in [3.05, 3.63) is 16.5 Å². The first-order valence-corrected chi connectivity index (χ1v) is 9.89. The number of nitrogens with two attached hydrogens (primary N) is 1. The number of amides is 1. The number of piperidine rings is 1. The summed E-state index contributed by atoms with van der Waals surface area (Å²) in [6.45, 7) is 5.23. The third-order valence-corrected chi connectivity index (χ3v) is 7.14. The molecular formula is C14H21N3O3S2. The van der Waals surface area contributed by atoms with Crippen LogP contribution in [0, 0.1) is 6.92 Å². The average Bonchev–Trinajstić information content (AvgIpc) is 2.88. The molecule has 2 N–H and O–H groups in total. The lowest BCUT2D eigenvalue weighted by Gasteiger charge is -2.44. The second-order valence-electron chi connectivity index (χ2n) is 6.06. The molecule has 2 aliphatic rings. The summed E-state index contributed by atoms with van der Waals surface area (Å²) < 4.78 is 22.9. The van der Waals surface area contributed by atoms with Crippen LogP contribution in [0.15, 0.2) is 10.3 Å². The number of aryl methyl sites for hydroxylation is 1. The van der Waals surface area contributed by atoms with Gasteiger partial charge in [-0.05, 0) is 37.9 Å². The Morgan fingerprint density at radius 1 is 1.32 bits per heavy atom. The number of nitrogens with zero attached hydrogens (tertiary/aromatic N) is 2. The Morgan fingerprint density at radius 3 is 2.77 bits per heavy atom. The van der Waals surface area contributed by atoms with Crippen LogP contribution >= 0.6 is 11.3 Å². The van der Waals surface area contributed by atoms with Crippen molar-refractivity contribution >= 4 is 27.3 Å². The van der Waals surface area contributed by atoms with Gasteiger partial charge in [-0.25, -0.2) is 13.6 Å². The van der Waals surface area contributed by atoms with Gasteiger partial charge in [-0.3, -0.25) is 9.69 Å². The number of carbonyl (C=O) groups excluding carboxylic acids is 1. The maximum atomic E-state index is 12.7. The highest BCUT2D eigenvalue weighted by Gasteiger charge is 2.32. The quantitative estimate of drug-likeness (QED) is 0.869. The van der Waals surface area contributed by atoms with Crippen LogP contribution in [0.3, 0.4) is 0 Å². The molecule has 1 unspecified atom stereocenters. The third-order valence-electron chi connectivity index (χ3n) is 4.49. The van der Waals surface area contributed by atoms with Crippen molar-refractivity contribution in [3.63, 3.8) is 0 Å². The van der Waals surface area contributed by atoms with E-state index in [0.717, 1.165) is 37.4 Å². The Bertz CT molecular complexity index is 684. The van der Waals surface area contributed by atoms with Crippen LogP contribution in [0.4, 0.5) is 0 Å². The maximum absolute atomic E-state index is 12.7. The Kier molecular flexibility index (Phi) is 4.28. The van der Waals surface area contributed by atoms with E-state index < -0.39 is 10.0 Å². The number of hydrogen-bond acceptors (Lipinski definition) is 5. The van der Waals surface area contributed by atoms with Gasteiger partial charge in [0, 0.05) is 25.7 Å². The molecule has 1 aromatic rings. The number of piperazine rings is 1. The zero-order valence-corrected chi connectivity index (χ0v) is 14.3. The van der Waals surface area contributed by atoms with Crippen LogP contribution < -0.4 is 5.14 Å². The lowest BCUT2D eigenvalue weighted by atomic mass is 9.99. The number of hydrogen-bond donors (Lipinski definition) is 1. The second-order valence-corrected chi connectivity index (χ2v) is 8.90. The normalized spacial score (nSPS) is 23.4. The fourth-order valence-electron chi connectivity index (χ4n) is 3.29. The van der Waals surface area contributed by atoms with Crippen molar-refractivity contribution < 1.29 is 13.2 Å². The second kappa shape index (κ2) is 5.92. The zero-order chi connectivity index (χ0) is 15.9. The van der Waals surface area contributed by atoms with E-state index in [1.54, 1.807) is 6.92 Å². The molecule has 0 aliphatic carbocycles. The monoisotopic (exact) mass is 343 g/mol. The topological polar surface area (TPSA) is 83.7 Å². The van der Waals surface area contributed by atoms with Gasteiger partial charge in [0.1, 0.15) is 4.21 Å². The molecule has 122 valence electrons. The SMILES string of the molecule is Cc1cc(S(N)(=O)=O)sc1C(=O)N1CCN2CCCCC2C1. The minimum Gasteiger partial charge on any atom is -0.335 e. The van der Waals surface area contributed by atoms with Gasteiger partial charge in [0.25, 0.3) is 5.91 Å². The summed E-state index contributed by atoms with van der Waals surface area (Å²) in [6, 6.07) is 1.94. The number of thiophene rings is 1. The Balaban J connectivity index is 1.78. The lowest BCUT2D eigenvalue weighted by molar-refractivity contribution is 0.0375. The lowest BCUT2D eigenvalue weighted by Crippen LogP contribution is -2.56. The number of rotatable bonds is 2. The van der Waals surface area contributed by atoms with Crippen LogP contribution in [0.25, 0.3) is 0 Å². The van der Waals surface area contributed by atoms with Gasteiger partial charge in [-0.1, -0.05) is 6.42 Å². The number of sulfonamides is 1. The minimum atomic E-state index is -3.75. The van der Waals surface area contributed by atoms with E-state index in [2.05, 4.69) is 4.90 Å². The highest BCUT2D eigenvalue weighted by atomic mass is 32.2. The van der Waals surface area contributed by atoms with Crippen molar-refractivity contribution in [1.82, 2.24) is 9.80 Å². The Hall–Kier alpha value is -0.960. The van der Waals surface area contributed by atoms with Crippen molar-refractivity contribution in [1.29, 1.82) is 0 Å². The highest BCUT2D eigenvalue weighted by molar-refractivity contribution is 7.91. The molecule has 0 spiro atoms. The summed E-state index contributed by atoms with van der Waals surface area (Å²) in [5, 5.41) is 5.16. The molecule has 1 amide bonds. The standard InChI is InChI=1S/C14H21N3O3S2/c1-10-8-12(22(15,19)20)21-13(10)14(18)17-7-6-16-5-3-2-4-11(16)9-17/h8,11H,2-7,9H2,1H3,(H2,15,19,20). The Morgan fingerprint density at radius 2 is 2.09 bits per heavy atom. The fraction of sp³-hybridized carbons (Fsp3) is 0.643. The van der Waals surface area contributed by atoms with E-state index in [-0.39, 0.29) is 10.1 Å². The van der Waals surface area contributed by atoms with Crippen LogP contribution in [-0.4, -0.2) is 56.3 Å². The van der Waals surface area contributed by atoms with E-state index in [1.165, 1.54) is 18.9 Å². The van der Waals surface area contributed by atoms with Gasteiger partial charge in [0.2, 0.25) is 10.0 Å². The molecule has 22 heavy (non-hydrogen) atoms. The zero-order valence-electron chi connectivity index (χ0n) is 12.6. The maximum Gasteiger partial charge on any atom is 0.264 e. The molecule has 2 fully saturated rings. The molecule has 0 radical (unpaired) electrons. The van der Waals surface area contributed by atoms with Crippen molar-refractivity contribution in [2.24, 2.45) is 5.14 Å². The summed E-state index contributed by atoms with van der Waals surface area (Å²) >= 11 is 0.980. The van der Waals surface area contributed by atoms with Crippen LogP contribution in [-0.2, 0) is 10.0 Å². The first-order valence-electron chi connectivity index (χ1n) is 7.53. The summed E-state index contributed by atoms with van der Waals surface area (Å²) in [7, 11) is -3.75. The highest BCUT2D eigenvalue weighted by Crippen LogP contribution is 2.28. The van der Waals surface area contributed by atoms with E-state index in [1.807, 2.05) is 4.90 Å². The molecule has 0 aromatic carbocycles. The summed E-state index contributed by atoms with van der Waals surface area (Å²) in [4.78, 5) is 17.5. The number of fused-ring (bicyclic) bond motifs is 1. The summed E-state index contributed by atoms with van der Waals surface area (Å²) in [5.74, 6) is -0.0670. The van der Waals surface area contributed by atoms with Crippen molar-refractivity contribution in [2.75, 3.05) is 26.2 Å². The van der Waals surface area contributed by atoms with Crippen LogP contribution in [0.5, 0.6) is 0 Å². The van der Waals surface area contributed by atoms with Gasteiger partial charge >= 0.3 is 0 Å². The van der Waals surface area contributed by atoms with Crippen molar-refractivity contribution in [2.45, 2.75) is 36.4 Å². The minimum absolute atomic E-state index is 0.0599. The number of carbonyl (C=O) groups is 1. The summed E-state index contributed by atoms with van der Waals surface area (Å²) in [5.41, 5.74) is 0.685. The van der Waals surface area contributed by atoms with Gasteiger partial charge in [0.15, 0.2) is 0 Å². The van der Waals surface area contributed by atoms with Crippen LogP contribution in [0.1, 0.15) is 34.5 Å². The molecule has 1 atom stereocenters. The van der Waals surface area contributed by atoms with Gasteiger partial charge < -0.3 is 4.90 Å². The largest absolute Gasteiger partial charge is 0.335 e. The third kappa shape index (κ3) is 3.05. The molecular weight excluding hydrogens is 322 g/mol. The molecule has 1 aromatic heterocycles. The van der Waals surface area contributed by atoms with E-state index in [9.17, 15) is 13.2 Å². The molecule has 8 heteroatoms. The van der Waals surface area contributed by atoms with Crippen LogP contribution in [0.2, 0.25) is 0 Å². The summed E-state index contributed by atoms with van der Waals surface area (Å²) in [6.07, 6.45) is 3.60. The first-order chi connectivity index (χ1) is 10.4. The number of primary sulfonamides is 1. The average molecular weight is 343 g/mol. The molecule has 2 aliphatic heterocycles. The van der Waals surface area contributed by atoms with Gasteiger partial charge in [-0.2, -0.15) is 0 Å². The molecule has 0 bridgehead atoms. The molecule has 0 saturated carbocycles. The van der Waals surface area contributed by atoms with Gasteiger partial charge in [-0.15, -0.1) is 11.3 Å². The van der Waals surface area contributed by atoms with E-state index in [0.29, 0.717) is 23.0 Å². The Labute approximate surface area is 134 Å². The van der Waals surface area contributed by atoms with Gasteiger partial charge in [0.05, 0.1) is 4.88 Å².